The molecule has 1 aromatic rings. The van der Waals surface area contributed by atoms with E-state index >= 15 is 0 Å². The molecule has 3 N–H and O–H groups in total. The highest BCUT2D eigenvalue weighted by Gasteiger charge is 2.58. The van der Waals surface area contributed by atoms with E-state index < -0.39 is 0 Å². The summed E-state index contributed by atoms with van der Waals surface area (Å²) in [5.41, 5.74) is 6.32. The van der Waals surface area contributed by atoms with Gasteiger partial charge in [-0.1, -0.05) is 43.2 Å². The van der Waals surface area contributed by atoms with Crippen LogP contribution in [0.3, 0.4) is 0 Å². The van der Waals surface area contributed by atoms with Gasteiger partial charge in [-0.25, -0.2) is 0 Å². The van der Waals surface area contributed by atoms with Crippen LogP contribution in [0.15, 0.2) is 30.3 Å². The first-order valence-corrected chi connectivity index (χ1v) is 10.7. The lowest BCUT2D eigenvalue weighted by Gasteiger charge is -2.59. The van der Waals surface area contributed by atoms with Crippen LogP contribution < -0.4 is 11.1 Å². The summed E-state index contributed by atoms with van der Waals surface area (Å²) in [5, 5.41) is 3.51. The Balaban J connectivity index is 1.39. The van der Waals surface area contributed by atoms with Crippen LogP contribution in [0.5, 0.6) is 0 Å². The van der Waals surface area contributed by atoms with Gasteiger partial charge >= 0.3 is 0 Å². The van der Waals surface area contributed by atoms with E-state index in [-0.39, 0.29) is 28.7 Å². The Bertz CT molecular complexity index is 737. The predicted octanol–water partition coefficient (Wildman–Crippen LogP) is 3.29. The SMILES string of the molecule is NC(=O)C12CC3CC(C1)C(NC(=O)C1(c4ccccc4)CCCC1)C(C3)C2. The maximum Gasteiger partial charge on any atom is 0.230 e. The van der Waals surface area contributed by atoms with E-state index in [0.717, 1.165) is 63.4 Å². The van der Waals surface area contributed by atoms with Crippen LogP contribution in [0.25, 0.3) is 0 Å². The fourth-order valence-electron chi connectivity index (χ4n) is 7.23. The lowest BCUT2D eigenvalue weighted by Crippen LogP contribution is -2.63. The molecule has 0 radical (unpaired) electrons. The average molecular weight is 367 g/mol. The number of primary amides is 1. The van der Waals surface area contributed by atoms with Crippen LogP contribution in [-0.4, -0.2) is 17.9 Å². The van der Waals surface area contributed by atoms with Crippen molar-refractivity contribution in [2.24, 2.45) is 28.9 Å². The molecule has 2 unspecified atom stereocenters. The Morgan fingerprint density at radius 1 is 0.963 bits per heavy atom. The van der Waals surface area contributed by atoms with E-state index in [1.807, 2.05) is 18.2 Å². The quantitative estimate of drug-likeness (QED) is 0.858. The molecule has 2 atom stereocenters. The van der Waals surface area contributed by atoms with E-state index in [2.05, 4.69) is 17.4 Å². The molecular weight excluding hydrogens is 336 g/mol. The van der Waals surface area contributed by atoms with E-state index in [1.165, 1.54) is 0 Å². The first-order valence-electron chi connectivity index (χ1n) is 10.7. The minimum Gasteiger partial charge on any atom is -0.369 e. The van der Waals surface area contributed by atoms with Gasteiger partial charge in [-0.15, -0.1) is 0 Å². The first-order chi connectivity index (χ1) is 13.0. The number of amides is 2. The second kappa shape index (κ2) is 6.08. The maximum absolute atomic E-state index is 13.6. The van der Waals surface area contributed by atoms with Crippen molar-refractivity contribution < 1.29 is 9.59 Å². The number of hydrogen-bond acceptors (Lipinski definition) is 2. The molecule has 0 aromatic heterocycles. The third-order valence-corrected chi connectivity index (χ3v) is 8.31. The second-order valence-electron chi connectivity index (χ2n) is 9.77. The molecule has 5 saturated carbocycles. The first kappa shape index (κ1) is 17.3. The summed E-state index contributed by atoms with van der Waals surface area (Å²) in [7, 11) is 0. The highest BCUT2D eigenvalue weighted by Crippen LogP contribution is 2.60. The van der Waals surface area contributed by atoms with Gasteiger partial charge in [0.2, 0.25) is 11.8 Å². The summed E-state index contributed by atoms with van der Waals surface area (Å²) in [6, 6.07) is 10.6. The topological polar surface area (TPSA) is 72.2 Å². The van der Waals surface area contributed by atoms with E-state index in [9.17, 15) is 9.59 Å². The van der Waals surface area contributed by atoms with Crippen molar-refractivity contribution in [1.82, 2.24) is 5.32 Å². The molecule has 144 valence electrons. The van der Waals surface area contributed by atoms with E-state index in [1.54, 1.807) is 0 Å². The van der Waals surface area contributed by atoms with Crippen LogP contribution >= 0.6 is 0 Å². The van der Waals surface area contributed by atoms with Gasteiger partial charge in [0.1, 0.15) is 0 Å². The van der Waals surface area contributed by atoms with E-state index in [4.69, 9.17) is 5.73 Å². The molecule has 6 rings (SSSR count). The number of nitrogens with two attached hydrogens (primary N) is 1. The van der Waals surface area contributed by atoms with Crippen molar-refractivity contribution in [3.63, 3.8) is 0 Å². The monoisotopic (exact) mass is 366 g/mol. The van der Waals surface area contributed by atoms with Gasteiger partial charge in [-0.05, 0) is 68.3 Å². The lowest BCUT2D eigenvalue weighted by atomic mass is 9.47. The molecule has 5 fully saturated rings. The van der Waals surface area contributed by atoms with Gasteiger partial charge in [0.25, 0.3) is 0 Å². The minimum absolute atomic E-state index is 0.108. The highest BCUT2D eigenvalue weighted by molar-refractivity contribution is 5.89. The Labute approximate surface area is 161 Å². The van der Waals surface area contributed by atoms with Crippen LogP contribution in [0.4, 0.5) is 0 Å². The number of rotatable bonds is 4. The number of hydrogen-bond donors (Lipinski definition) is 2. The van der Waals surface area contributed by atoms with Crippen molar-refractivity contribution in [2.45, 2.75) is 69.2 Å². The summed E-state index contributed by atoms with van der Waals surface area (Å²) in [6.45, 7) is 0. The fourth-order valence-corrected chi connectivity index (χ4v) is 7.23. The van der Waals surface area contributed by atoms with Crippen LogP contribution in [0.1, 0.15) is 63.4 Å². The van der Waals surface area contributed by atoms with Gasteiger partial charge in [-0.3, -0.25) is 9.59 Å². The molecule has 27 heavy (non-hydrogen) atoms. The van der Waals surface area contributed by atoms with Gasteiger partial charge in [0.15, 0.2) is 0 Å². The van der Waals surface area contributed by atoms with Crippen molar-refractivity contribution in [2.75, 3.05) is 0 Å². The maximum atomic E-state index is 13.6. The van der Waals surface area contributed by atoms with E-state index in [0.29, 0.717) is 17.8 Å². The van der Waals surface area contributed by atoms with Crippen LogP contribution in [-0.2, 0) is 15.0 Å². The molecule has 4 bridgehead atoms. The Hall–Kier alpha value is -1.84. The molecule has 0 heterocycles. The molecular formula is C23H30N2O2. The van der Waals surface area contributed by atoms with Gasteiger partial charge < -0.3 is 11.1 Å². The summed E-state index contributed by atoms with van der Waals surface area (Å²) in [5.74, 6) is 1.57. The van der Waals surface area contributed by atoms with Gasteiger partial charge in [0, 0.05) is 11.5 Å². The molecule has 0 saturated heterocycles. The smallest absolute Gasteiger partial charge is 0.230 e. The average Bonchev–Trinajstić information content (AvgIpc) is 3.16. The van der Waals surface area contributed by atoms with Crippen LogP contribution in [0.2, 0.25) is 0 Å². The summed E-state index contributed by atoms with van der Waals surface area (Å²) in [4.78, 5) is 25.7. The number of nitrogens with one attached hydrogen (secondary N) is 1. The Kier molecular flexibility index (Phi) is 3.89. The lowest BCUT2D eigenvalue weighted by molar-refractivity contribution is -0.148. The number of carbonyl (C=O) groups excluding carboxylic acids is 2. The molecule has 5 aliphatic rings. The van der Waals surface area contributed by atoms with Crippen molar-refractivity contribution in [3.05, 3.63) is 35.9 Å². The molecule has 2 amide bonds. The molecule has 1 aromatic carbocycles. The zero-order chi connectivity index (χ0) is 18.6. The standard InChI is InChI=1S/C23H30N2O2/c24-20(26)22-12-15-10-16(13-22)19(17(11-15)14-22)25-21(27)23(8-4-5-9-23)18-6-2-1-3-7-18/h1-3,6-7,15-17,19H,4-5,8-14H2,(H2,24,26)(H,25,27). The van der Waals surface area contributed by atoms with Crippen molar-refractivity contribution in [1.29, 1.82) is 0 Å². The summed E-state index contributed by atoms with van der Waals surface area (Å²) in [6.07, 6.45) is 9.14. The summed E-state index contributed by atoms with van der Waals surface area (Å²) < 4.78 is 0. The minimum atomic E-state index is -0.364. The predicted molar refractivity (Wildman–Crippen MR) is 104 cm³/mol. The molecule has 4 heteroatoms. The number of carbonyl (C=O) groups is 2. The molecule has 5 aliphatic carbocycles. The molecule has 4 nitrogen and oxygen atoms in total. The fraction of sp³-hybridized carbons (Fsp3) is 0.652. The zero-order valence-corrected chi connectivity index (χ0v) is 16.0. The third-order valence-electron chi connectivity index (χ3n) is 8.31. The Morgan fingerprint density at radius 3 is 2.19 bits per heavy atom. The highest BCUT2D eigenvalue weighted by atomic mass is 16.2. The normalized spacial score (nSPS) is 38.7. The largest absolute Gasteiger partial charge is 0.369 e. The van der Waals surface area contributed by atoms with Crippen molar-refractivity contribution in [3.8, 4) is 0 Å². The molecule has 0 aliphatic heterocycles. The van der Waals surface area contributed by atoms with Gasteiger partial charge in [0.05, 0.1) is 5.41 Å². The molecule has 0 spiro atoms. The Morgan fingerprint density at radius 2 is 1.59 bits per heavy atom. The summed E-state index contributed by atoms with van der Waals surface area (Å²) >= 11 is 0. The van der Waals surface area contributed by atoms with Crippen LogP contribution in [0, 0.1) is 23.2 Å². The second-order valence-corrected chi connectivity index (χ2v) is 9.77. The zero-order valence-electron chi connectivity index (χ0n) is 16.0. The van der Waals surface area contributed by atoms with Crippen molar-refractivity contribution >= 4 is 11.8 Å². The van der Waals surface area contributed by atoms with Gasteiger partial charge in [-0.2, -0.15) is 0 Å². The number of benzene rings is 1. The third kappa shape index (κ3) is 2.55.